The van der Waals surface area contributed by atoms with E-state index in [-0.39, 0.29) is 29.1 Å². The van der Waals surface area contributed by atoms with Gasteiger partial charge in [-0.15, -0.1) is 0 Å². The fraction of sp³-hybridized carbons (Fsp3) is 0.130. The van der Waals surface area contributed by atoms with E-state index in [1.807, 2.05) is 36.4 Å². The standard InChI is InChI=1S/C23H18O3/c24-22(17-11-13-18(14-12-17)23(25)26)21-19(15-7-3-1-4-8-15)20(21)16-9-5-2-6-10-16/h1-14,19-21H,(H,25,26)/t19-,20-/m1/s1. The van der Waals surface area contributed by atoms with Crippen LogP contribution in [0, 0.1) is 5.92 Å². The second-order valence-electron chi connectivity index (χ2n) is 6.65. The molecule has 1 aliphatic rings. The van der Waals surface area contributed by atoms with Crippen LogP contribution < -0.4 is 0 Å². The molecule has 3 aromatic carbocycles. The normalized spacial score (nSPS) is 21.2. The molecule has 0 bridgehead atoms. The number of benzene rings is 3. The number of Topliss-reactive ketones (excluding diaryl/α,β-unsaturated/α-hetero) is 1. The van der Waals surface area contributed by atoms with Gasteiger partial charge in [-0.2, -0.15) is 0 Å². The molecular formula is C23H18O3. The molecule has 4 rings (SSSR count). The highest BCUT2D eigenvalue weighted by molar-refractivity contribution is 6.02. The smallest absolute Gasteiger partial charge is 0.335 e. The van der Waals surface area contributed by atoms with E-state index in [0.717, 1.165) is 0 Å². The molecule has 0 amide bonds. The predicted molar refractivity (Wildman–Crippen MR) is 99.6 cm³/mol. The predicted octanol–water partition coefficient (Wildman–Crippen LogP) is 4.76. The molecule has 1 saturated carbocycles. The van der Waals surface area contributed by atoms with Gasteiger partial charge < -0.3 is 5.11 Å². The summed E-state index contributed by atoms with van der Waals surface area (Å²) in [6.45, 7) is 0. The first-order valence-electron chi connectivity index (χ1n) is 8.64. The quantitative estimate of drug-likeness (QED) is 0.680. The Morgan fingerprint density at radius 1 is 0.615 bits per heavy atom. The number of carbonyl (C=O) groups is 2. The van der Waals surface area contributed by atoms with Crippen LogP contribution in [0.3, 0.4) is 0 Å². The summed E-state index contributed by atoms with van der Waals surface area (Å²) >= 11 is 0. The summed E-state index contributed by atoms with van der Waals surface area (Å²) in [4.78, 5) is 24.1. The lowest BCUT2D eigenvalue weighted by atomic mass is 10.0. The van der Waals surface area contributed by atoms with Gasteiger partial charge in [0.25, 0.3) is 0 Å². The largest absolute Gasteiger partial charge is 0.478 e. The van der Waals surface area contributed by atoms with E-state index in [0.29, 0.717) is 5.56 Å². The molecule has 3 nitrogen and oxygen atoms in total. The molecule has 0 unspecified atom stereocenters. The van der Waals surface area contributed by atoms with E-state index in [1.54, 1.807) is 12.1 Å². The van der Waals surface area contributed by atoms with Crippen molar-refractivity contribution in [2.45, 2.75) is 11.8 Å². The maximum absolute atomic E-state index is 13.1. The van der Waals surface area contributed by atoms with Gasteiger partial charge in [0.1, 0.15) is 0 Å². The molecule has 2 atom stereocenters. The molecule has 3 aromatic rings. The van der Waals surface area contributed by atoms with Crippen molar-refractivity contribution in [1.29, 1.82) is 0 Å². The van der Waals surface area contributed by atoms with Gasteiger partial charge in [-0.3, -0.25) is 4.79 Å². The lowest BCUT2D eigenvalue weighted by molar-refractivity contribution is 0.0696. The van der Waals surface area contributed by atoms with Crippen molar-refractivity contribution in [3.63, 3.8) is 0 Å². The van der Waals surface area contributed by atoms with Crippen molar-refractivity contribution in [3.8, 4) is 0 Å². The Hall–Kier alpha value is -3.20. The molecule has 0 aromatic heterocycles. The van der Waals surface area contributed by atoms with E-state index in [2.05, 4.69) is 24.3 Å². The number of carboxylic acid groups (broad SMARTS) is 1. The summed E-state index contributed by atoms with van der Waals surface area (Å²) in [5.41, 5.74) is 3.10. The average molecular weight is 342 g/mol. The molecule has 3 heteroatoms. The maximum atomic E-state index is 13.1. The van der Waals surface area contributed by atoms with Gasteiger partial charge in [-0.25, -0.2) is 4.79 Å². The van der Waals surface area contributed by atoms with Crippen molar-refractivity contribution < 1.29 is 14.7 Å². The third-order valence-electron chi connectivity index (χ3n) is 5.11. The topological polar surface area (TPSA) is 54.4 Å². The van der Waals surface area contributed by atoms with Crippen LogP contribution in [0.5, 0.6) is 0 Å². The number of carboxylic acids is 1. The summed E-state index contributed by atoms with van der Waals surface area (Å²) < 4.78 is 0. The molecule has 0 radical (unpaired) electrons. The van der Waals surface area contributed by atoms with Crippen LogP contribution in [-0.2, 0) is 0 Å². The van der Waals surface area contributed by atoms with Crippen LogP contribution in [0.25, 0.3) is 0 Å². The minimum absolute atomic E-state index is 0.0737. The van der Waals surface area contributed by atoms with Crippen LogP contribution in [0.15, 0.2) is 84.9 Å². The van der Waals surface area contributed by atoms with Gasteiger partial charge >= 0.3 is 5.97 Å². The number of ketones is 1. The van der Waals surface area contributed by atoms with E-state index >= 15 is 0 Å². The fourth-order valence-electron chi connectivity index (χ4n) is 3.79. The number of hydrogen-bond donors (Lipinski definition) is 1. The Morgan fingerprint density at radius 2 is 1.04 bits per heavy atom. The Morgan fingerprint density at radius 3 is 1.46 bits per heavy atom. The lowest BCUT2D eigenvalue weighted by Crippen LogP contribution is -2.05. The highest BCUT2D eigenvalue weighted by Gasteiger charge is 2.55. The summed E-state index contributed by atoms with van der Waals surface area (Å²) in [6.07, 6.45) is 0. The number of rotatable bonds is 5. The molecule has 128 valence electrons. The fourth-order valence-corrected chi connectivity index (χ4v) is 3.79. The van der Waals surface area contributed by atoms with Crippen LogP contribution in [0.1, 0.15) is 43.7 Å². The molecule has 1 fully saturated rings. The summed E-state index contributed by atoms with van der Waals surface area (Å²) in [5, 5.41) is 9.03. The zero-order valence-corrected chi connectivity index (χ0v) is 14.1. The van der Waals surface area contributed by atoms with Gasteiger partial charge in [0, 0.05) is 23.3 Å². The van der Waals surface area contributed by atoms with Gasteiger partial charge in [0.05, 0.1) is 5.56 Å². The van der Waals surface area contributed by atoms with Crippen LogP contribution in [0.4, 0.5) is 0 Å². The second-order valence-corrected chi connectivity index (χ2v) is 6.65. The molecule has 1 aliphatic carbocycles. The van der Waals surface area contributed by atoms with Crippen molar-refractivity contribution in [2.24, 2.45) is 5.92 Å². The summed E-state index contributed by atoms with van der Waals surface area (Å²) in [6, 6.07) is 26.5. The Balaban J connectivity index is 1.66. The highest BCUT2D eigenvalue weighted by atomic mass is 16.4. The first-order chi connectivity index (χ1) is 12.7. The minimum atomic E-state index is -0.986. The lowest BCUT2D eigenvalue weighted by Gasteiger charge is -2.02. The van der Waals surface area contributed by atoms with Gasteiger partial charge in [-0.1, -0.05) is 72.8 Å². The third kappa shape index (κ3) is 2.92. The van der Waals surface area contributed by atoms with E-state index in [9.17, 15) is 9.59 Å². The molecule has 0 spiro atoms. The van der Waals surface area contributed by atoms with E-state index < -0.39 is 5.97 Å². The molecule has 26 heavy (non-hydrogen) atoms. The van der Waals surface area contributed by atoms with Crippen LogP contribution in [-0.4, -0.2) is 16.9 Å². The molecule has 0 aliphatic heterocycles. The van der Waals surface area contributed by atoms with Crippen molar-refractivity contribution >= 4 is 11.8 Å². The Bertz CT molecular complexity index is 885. The van der Waals surface area contributed by atoms with Crippen molar-refractivity contribution in [2.75, 3.05) is 0 Å². The van der Waals surface area contributed by atoms with E-state index in [1.165, 1.54) is 23.3 Å². The van der Waals surface area contributed by atoms with Gasteiger partial charge in [0.2, 0.25) is 0 Å². The first-order valence-corrected chi connectivity index (χ1v) is 8.64. The van der Waals surface area contributed by atoms with Crippen molar-refractivity contribution in [1.82, 2.24) is 0 Å². The van der Waals surface area contributed by atoms with E-state index in [4.69, 9.17) is 5.11 Å². The zero-order chi connectivity index (χ0) is 18.1. The molecule has 0 saturated heterocycles. The maximum Gasteiger partial charge on any atom is 0.335 e. The molecule has 1 N–H and O–H groups in total. The van der Waals surface area contributed by atoms with Gasteiger partial charge in [-0.05, 0) is 23.3 Å². The monoisotopic (exact) mass is 342 g/mol. The number of aromatic carboxylic acids is 1. The first kappa shape index (κ1) is 16.3. The summed E-state index contributed by atoms with van der Waals surface area (Å²) in [7, 11) is 0. The minimum Gasteiger partial charge on any atom is -0.478 e. The molecular weight excluding hydrogens is 324 g/mol. The third-order valence-corrected chi connectivity index (χ3v) is 5.11. The number of carbonyl (C=O) groups excluding carboxylic acids is 1. The molecule has 0 heterocycles. The highest BCUT2D eigenvalue weighted by Crippen LogP contribution is 2.61. The van der Waals surface area contributed by atoms with Crippen LogP contribution >= 0.6 is 0 Å². The average Bonchev–Trinajstić information content (AvgIpc) is 3.44. The van der Waals surface area contributed by atoms with Crippen molar-refractivity contribution in [3.05, 3.63) is 107 Å². The SMILES string of the molecule is O=C(O)c1ccc(C(=O)C2[C@H](c3ccccc3)[C@H]2c2ccccc2)cc1. The van der Waals surface area contributed by atoms with Crippen LogP contribution in [0.2, 0.25) is 0 Å². The Labute approximate surface area is 151 Å². The second kappa shape index (κ2) is 6.60. The zero-order valence-electron chi connectivity index (χ0n) is 14.1. The Kier molecular flexibility index (Phi) is 4.13. The summed E-state index contributed by atoms with van der Waals surface area (Å²) in [5.74, 6) is -0.713. The van der Waals surface area contributed by atoms with Gasteiger partial charge in [0.15, 0.2) is 5.78 Å². The number of hydrogen-bond acceptors (Lipinski definition) is 2.